The Morgan fingerprint density at radius 1 is 1.03 bits per heavy atom. The van der Waals surface area contributed by atoms with Crippen molar-refractivity contribution >= 4 is 38.6 Å². The number of hydrogen-bond donors (Lipinski definition) is 5. The number of carbonyl (C=O) groups is 2. The van der Waals surface area contributed by atoms with Crippen LogP contribution < -0.4 is 21.0 Å². The molecule has 0 radical (unpaired) electrons. The van der Waals surface area contributed by atoms with Crippen LogP contribution in [0.2, 0.25) is 0 Å². The maximum Gasteiger partial charge on any atom is 0.323 e. The molecular weight excluding hydrogens is 410 g/mol. The molecule has 10 nitrogen and oxygen atoms in total. The molecule has 0 spiro atoms. The van der Waals surface area contributed by atoms with E-state index in [0.717, 1.165) is 12.8 Å². The minimum absolute atomic E-state index is 0.0697. The third-order valence-electron chi connectivity index (χ3n) is 4.57. The summed E-state index contributed by atoms with van der Waals surface area (Å²) in [7, 11) is -4.04. The van der Waals surface area contributed by atoms with Crippen molar-refractivity contribution in [3.63, 3.8) is 0 Å². The molecule has 1 aromatic heterocycles. The van der Waals surface area contributed by atoms with Crippen molar-refractivity contribution in [2.75, 3.05) is 11.3 Å². The van der Waals surface area contributed by atoms with Crippen LogP contribution in [0.1, 0.15) is 23.2 Å². The standard InChI is InChI=1S/C19H19N5O5S/c25-17(21-11-5-6-11)10-20-18(26)13-3-1-2-4-14(13)24-30(28,29)12-7-8-15-16(9-12)23-19(27)22-15/h1-4,7-9,11,24H,5-6,10H2,(H,20,26)(H,21,25)(H2,22,23,27). The van der Waals surface area contributed by atoms with E-state index in [9.17, 15) is 22.8 Å². The Morgan fingerprint density at radius 3 is 2.53 bits per heavy atom. The van der Waals surface area contributed by atoms with E-state index in [4.69, 9.17) is 0 Å². The number of hydrogen-bond acceptors (Lipinski definition) is 5. The van der Waals surface area contributed by atoms with Gasteiger partial charge in [-0.15, -0.1) is 0 Å². The summed E-state index contributed by atoms with van der Waals surface area (Å²) in [5, 5.41) is 5.25. The highest BCUT2D eigenvalue weighted by Gasteiger charge is 2.24. The summed E-state index contributed by atoms with van der Waals surface area (Å²) in [6.07, 6.45) is 1.87. The smallest absolute Gasteiger partial charge is 0.323 e. The number of fused-ring (bicyclic) bond motifs is 1. The van der Waals surface area contributed by atoms with Crippen LogP contribution in [-0.4, -0.2) is 42.8 Å². The zero-order chi connectivity index (χ0) is 21.3. The molecule has 0 atom stereocenters. The van der Waals surface area contributed by atoms with Crippen molar-refractivity contribution in [2.45, 2.75) is 23.8 Å². The Morgan fingerprint density at radius 2 is 1.77 bits per heavy atom. The topological polar surface area (TPSA) is 153 Å². The van der Waals surface area contributed by atoms with Gasteiger partial charge >= 0.3 is 5.69 Å². The summed E-state index contributed by atoms with van der Waals surface area (Å²) < 4.78 is 28.0. The molecule has 0 unspecified atom stereocenters. The second kappa shape index (κ2) is 7.67. The van der Waals surface area contributed by atoms with Gasteiger partial charge in [-0.25, -0.2) is 13.2 Å². The van der Waals surface area contributed by atoms with Gasteiger partial charge in [0.25, 0.3) is 15.9 Å². The van der Waals surface area contributed by atoms with Crippen molar-refractivity contribution in [2.24, 2.45) is 0 Å². The van der Waals surface area contributed by atoms with Crippen molar-refractivity contribution in [1.82, 2.24) is 20.6 Å². The second-order valence-corrected chi connectivity index (χ2v) is 8.64. The number of imidazole rings is 1. The van der Waals surface area contributed by atoms with Gasteiger partial charge < -0.3 is 20.6 Å². The zero-order valence-electron chi connectivity index (χ0n) is 15.7. The van der Waals surface area contributed by atoms with Crippen molar-refractivity contribution in [1.29, 1.82) is 0 Å². The molecule has 1 heterocycles. The van der Waals surface area contributed by atoms with Crippen molar-refractivity contribution in [3.8, 4) is 0 Å². The van der Waals surface area contributed by atoms with Gasteiger partial charge in [-0.1, -0.05) is 12.1 Å². The van der Waals surface area contributed by atoms with E-state index in [0.29, 0.717) is 11.0 Å². The Balaban J connectivity index is 1.52. The van der Waals surface area contributed by atoms with Gasteiger partial charge in [-0.2, -0.15) is 0 Å². The van der Waals surface area contributed by atoms with E-state index < -0.39 is 21.6 Å². The summed E-state index contributed by atoms with van der Waals surface area (Å²) >= 11 is 0. The highest BCUT2D eigenvalue weighted by molar-refractivity contribution is 7.92. The minimum atomic E-state index is -4.04. The van der Waals surface area contributed by atoms with Gasteiger partial charge in [0.05, 0.1) is 33.7 Å². The predicted octanol–water partition coefficient (Wildman–Crippen LogP) is 0.665. The number of aromatic nitrogens is 2. The molecule has 1 fully saturated rings. The number of benzene rings is 2. The first-order chi connectivity index (χ1) is 14.3. The maximum absolute atomic E-state index is 12.8. The molecule has 0 aliphatic heterocycles. The monoisotopic (exact) mass is 429 g/mol. The Hall–Kier alpha value is -3.60. The molecule has 30 heavy (non-hydrogen) atoms. The van der Waals surface area contributed by atoms with Crippen molar-refractivity contribution in [3.05, 3.63) is 58.5 Å². The molecule has 4 rings (SSSR count). The summed E-state index contributed by atoms with van der Waals surface area (Å²) in [6, 6.07) is 10.4. The molecule has 5 N–H and O–H groups in total. The number of H-pyrrole nitrogens is 2. The Kier molecular flexibility index (Phi) is 5.04. The van der Waals surface area contributed by atoms with Crippen molar-refractivity contribution < 1.29 is 18.0 Å². The lowest BCUT2D eigenvalue weighted by molar-refractivity contribution is -0.120. The molecular formula is C19H19N5O5S. The van der Waals surface area contributed by atoms with Gasteiger partial charge in [0, 0.05) is 6.04 Å². The number of aromatic amines is 2. The lowest BCUT2D eigenvalue weighted by Gasteiger charge is -2.13. The SMILES string of the molecule is O=C(CNC(=O)c1ccccc1NS(=O)(=O)c1ccc2[nH]c(=O)[nH]c2c1)NC1CC1. The largest absolute Gasteiger partial charge is 0.352 e. The lowest BCUT2D eigenvalue weighted by Crippen LogP contribution is -2.38. The average molecular weight is 429 g/mol. The number of para-hydroxylation sites is 1. The van der Waals surface area contributed by atoms with E-state index in [1.54, 1.807) is 12.1 Å². The van der Waals surface area contributed by atoms with Gasteiger partial charge in [0.1, 0.15) is 0 Å². The van der Waals surface area contributed by atoms with E-state index in [1.807, 2.05) is 0 Å². The van der Waals surface area contributed by atoms with Gasteiger partial charge in [0.2, 0.25) is 5.91 Å². The van der Waals surface area contributed by atoms with E-state index in [2.05, 4.69) is 25.3 Å². The Bertz CT molecular complexity index is 1290. The van der Waals surface area contributed by atoms with Crippen LogP contribution in [0, 0.1) is 0 Å². The van der Waals surface area contributed by atoms with Crippen LogP contribution >= 0.6 is 0 Å². The van der Waals surface area contributed by atoms with Crippen LogP contribution in [-0.2, 0) is 14.8 Å². The summed E-state index contributed by atoms with van der Waals surface area (Å²) in [5.74, 6) is -0.873. The number of rotatable bonds is 7. The number of carbonyl (C=O) groups excluding carboxylic acids is 2. The first-order valence-corrected chi connectivity index (χ1v) is 10.7. The molecule has 2 aromatic carbocycles. The number of anilines is 1. The van der Waals surface area contributed by atoms with E-state index >= 15 is 0 Å². The van der Waals surface area contributed by atoms with Crippen LogP contribution in [0.15, 0.2) is 52.2 Å². The highest BCUT2D eigenvalue weighted by atomic mass is 32.2. The normalized spacial score (nSPS) is 13.7. The minimum Gasteiger partial charge on any atom is -0.352 e. The quantitative estimate of drug-likeness (QED) is 0.374. The number of amides is 2. The molecule has 0 saturated heterocycles. The fraction of sp³-hybridized carbons (Fsp3) is 0.211. The lowest BCUT2D eigenvalue weighted by atomic mass is 10.1. The highest BCUT2D eigenvalue weighted by Crippen LogP contribution is 2.22. The first kappa shape index (κ1) is 19.7. The Labute approximate surface area is 171 Å². The molecule has 3 aromatic rings. The van der Waals surface area contributed by atoms with Gasteiger partial charge in [-0.3, -0.25) is 14.3 Å². The summed E-state index contributed by atoms with van der Waals surface area (Å²) in [4.78, 5) is 40.6. The zero-order valence-corrected chi connectivity index (χ0v) is 16.5. The fourth-order valence-corrected chi connectivity index (χ4v) is 4.02. The molecule has 2 amide bonds. The van der Waals surface area contributed by atoms with Crippen LogP contribution in [0.3, 0.4) is 0 Å². The van der Waals surface area contributed by atoms with E-state index in [-0.39, 0.29) is 34.6 Å². The molecule has 11 heteroatoms. The third kappa shape index (κ3) is 4.35. The van der Waals surface area contributed by atoms with Crippen LogP contribution in [0.25, 0.3) is 11.0 Å². The molecule has 156 valence electrons. The van der Waals surface area contributed by atoms with Gasteiger partial charge in [0.15, 0.2) is 0 Å². The molecule has 0 bridgehead atoms. The molecule has 1 aliphatic carbocycles. The van der Waals surface area contributed by atoms with Gasteiger partial charge in [-0.05, 0) is 43.2 Å². The fourth-order valence-electron chi connectivity index (χ4n) is 2.91. The first-order valence-electron chi connectivity index (χ1n) is 9.23. The van der Waals surface area contributed by atoms with Crippen LogP contribution in [0.5, 0.6) is 0 Å². The average Bonchev–Trinajstić information content (AvgIpc) is 3.43. The number of sulfonamides is 1. The molecule has 1 aliphatic rings. The third-order valence-corrected chi connectivity index (χ3v) is 5.93. The summed E-state index contributed by atoms with van der Waals surface area (Å²) in [5.41, 5.74) is 0.524. The maximum atomic E-state index is 12.8. The van der Waals surface area contributed by atoms with Crippen LogP contribution in [0.4, 0.5) is 5.69 Å². The summed E-state index contributed by atoms with van der Waals surface area (Å²) in [6.45, 7) is -0.200. The second-order valence-electron chi connectivity index (χ2n) is 6.96. The predicted molar refractivity (Wildman–Crippen MR) is 110 cm³/mol. The molecule has 1 saturated carbocycles. The van der Waals surface area contributed by atoms with E-state index in [1.165, 1.54) is 30.3 Å². The number of nitrogens with one attached hydrogen (secondary N) is 5.